The fraction of sp³-hybridized carbons (Fsp3) is 0.0952. The highest BCUT2D eigenvalue weighted by atomic mass is 15.4. The summed E-state index contributed by atoms with van der Waals surface area (Å²) in [6, 6.07) is 16.4. The maximum absolute atomic E-state index is 5.61. The molecule has 0 saturated carbocycles. The molecule has 28 heavy (non-hydrogen) atoms. The predicted octanol–water partition coefficient (Wildman–Crippen LogP) is 3.63. The van der Waals surface area contributed by atoms with Crippen LogP contribution in [0.2, 0.25) is 0 Å². The van der Waals surface area contributed by atoms with E-state index in [-0.39, 0.29) is 12.0 Å². The van der Waals surface area contributed by atoms with Crippen molar-refractivity contribution in [2.45, 2.75) is 13.0 Å². The Morgan fingerprint density at radius 3 is 2.43 bits per heavy atom. The molecule has 0 fully saturated rings. The number of nitrogens with two attached hydrogens (primary N) is 1. The number of hydrogen-bond donors (Lipinski definition) is 1. The van der Waals surface area contributed by atoms with Crippen molar-refractivity contribution in [3.8, 4) is 11.1 Å². The van der Waals surface area contributed by atoms with E-state index in [2.05, 4.69) is 50.4 Å². The van der Waals surface area contributed by atoms with Crippen LogP contribution in [-0.4, -0.2) is 29.9 Å². The minimum atomic E-state index is 0.0420. The van der Waals surface area contributed by atoms with Gasteiger partial charge in [0.1, 0.15) is 11.0 Å². The Morgan fingerprint density at radius 1 is 0.857 bits per heavy atom. The van der Waals surface area contributed by atoms with Gasteiger partial charge >= 0.3 is 0 Å². The summed E-state index contributed by atoms with van der Waals surface area (Å²) in [4.78, 5) is 12.7. The maximum atomic E-state index is 5.61. The lowest BCUT2D eigenvalue weighted by Crippen LogP contribution is -2.08. The standard InChI is InChI=1S/C21H17N7/c1-13(14-5-3-2-4-6-14)28-20-17-9-15(16-10-24-21(22)25-11-16)7-8-18(17)23-12-19(20)26-27-28/h2-13H,1H3,(H2,22,24,25)/t13-/m0/s1. The first-order chi connectivity index (χ1) is 13.7. The van der Waals surface area contributed by atoms with Crippen LogP contribution >= 0.6 is 0 Å². The molecule has 0 radical (unpaired) electrons. The summed E-state index contributed by atoms with van der Waals surface area (Å²) in [6.45, 7) is 2.12. The van der Waals surface area contributed by atoms with Crippen molar-refractivity contribution < 1.29 is 0 Å². The van der Waals surface area contributed by atoms with Gasteiger partial charge < -0.3 is 5.73 Å². The molecule has 0 amide bonds. The van der Waals surface area contributed by atoms with Crippen molar-refractivity contribution in [3.63, 3.8) is 0 Å². The zero-order valence-electron chi connectivity index (χ0n) is 15.2. The number of rotatable bonds is 3. The first-order valence-corrected chi connectivity index (χ1v) is 8.97. The number of benzene rings is 2. The van der Waals surface area contributed by atoms with Gasteiger partial charge in [-0.1, -0.05) is 41.6 Å². The van der Waals surface area contributed by atoms with Gasteiger partial charge in [0.15, 0.2) is 0 Å². The molecule has 7 nitrogen and oxygen atoms in total. The SMILES string of the molecule is C[C@@H](c1ccccc1)n1nnc2cnc3ccc(-c4cnc(N)nc4)cc3c21. The summed E-state index contributed by atoms with van der Waals surface area (Å²) in [5.74, 6) is 0.257. The Kier molecular flexibility index (Phi) is 3.72. The molecule has 2 aromatic carbocycles. The molecule has 3 aromatic heterocycles. The number of nitrogens with zero attached hydrogens (tertiary/aromatic N) is 6. The Hall–Kier alpha value is -3.87. The van der Waals surface area contributed by atoms with Crippen molar-refractivity contribution in [2.24, 2.45) is 0 Å². The summed E-state index contributed by atoms with van der Waals surface area (Å²) in [5, 5.41) is 9.75. The summed E-state index contributed by atoms with van der Waals surface area (Å²) >= 11 is 0. The molecule has 5 aromatic rings. The van der Waals surface area contributed by atoms with Gasteiger partial charge in [-0.15, -0.1) is 5.10 Å². The molecule has 1 atom stereocenters. The van der Waals surface area contributed by atoms with E-state index >= 15 is 0 Å². The normalized spacial score (nSPS) is 12.5. The molecule has 0 spiro atoms. The lowest BCUT2D eigenvalue weighted by molar-refractivity contribution is 0.561. The highest BCUT2D eigenvalue weighted by Gasteiger charge is 2.16. The van der Waals surface area contributed by atoms with Crippen molar-refractivity contribution in [1.29, 1.82) is 0 Å². The zero-order chi connectivity index (χ0) is 19.1. The zero-order valence-corrected chi connectivity index (χ0v) is 15.2. The van der Waals surface area contributed by atoms with Crippen molar-refractivity contribution >= 4 is 27.9 Å². The van der Waals surface area contributed by atoms with Crippen LogP contribution in [0.5, 0.6) is 0 Å². The molecule has 0 unspecified atom stereocenters. The van der Waals surface area contributed by atoms with E-state index in [1.807, 2.05) is 35.0 Å². The average molecular weight is 367 g/mol. The fourth-order valence-corrected chi connectivity index (χ4v) is 3.43. The first-order valence-electron chi connectivity index (χ1n) is 8.97. The molecule has 0 aliphatic rings. The van der Waals surface area contributed by atoms with Crippen molar-refractivity contribution in [2.75, 3.05) is 5.73 Å². The fourth-order valence-electron chi connectivity index (χ4n) is 3.43. The van der Waals surface area contributed by atoms with E-state index in [0.717, 1.165) is 33.1 Å². The Bertz CT molecular complexity index is 1280. The van der Waals surface area contributed by atoms with Gasteiger partial charge in [-0.25, -0.2) is 14.6 Å². The van der Waals surface area contributed by atoms with E-state index in [1.54, 1.807) is 18.6 Å². The van der Waals surface area contributed by atoms with E-state index in [0.29, 0.717) is 0 Å². The van der Waals surface area contributed by atoms with Gasteiger partial charge in [0.2, 0.25) is 5.95 Å². The molecule has 0 saturated heterocycles. The van der Waals surface area contributed by atoms with Crippen LogP contribution in [0, 0.1) is 0 Å². The molecule has 0 aliphatic heterocycles. The van der Waals surface area contributed by atoms with Gasteiger partial charge in [-0.3, -0.25) is 4.98 Å². The van der Waals surface area contributed by atoms with Gasteiger partial charge in [0.25, 0.3) is 0 Å². The predicted molar refractivity (Wildman–Crippen MR) is 109 cm³/mol. The second-order valence-corrected chi connectivity index (χ2v) is 6.67. The minimum Gasteiger partial charge on any atom is -0.368 e. The molecule has 5 rings (SSSR count). The third-order valence-corrected chi connectivity index (χ3v) is 4.95. The third kappa shape index (κ3) is 2.64. The Labute approximate surface area is 160 Å². The summed E-state index contributed by atoms with van der Waals surface area (Å²) in [5.41, 5.74) is 11.3. The topological polar surface area (TPSA) is 95.4 Å². The van der Waals surface area contributed by atoms with Crippen LogP contribution in [0.1, 0.15) is 18.5 Å². The van der Waals surface area contributed by atoms with E-state index in [4.69, 9.17) is 5.73 Å². The van der Waals surface area contributed by atoms with E-state index in [9.17, 15) is 0 Å². The highest BCUT2D eigenvalue weighted by molar-refractivity contribution is 6.03. The van der Waals surface area contributed by atoms with E-state index in [1.165, 1.54) is 5.56 Å². The lowest BCUT2D eigenvalue weighted by Gasteiger charge is -2.14. The monoisotopic (exact) mass is 367 g/mol. The molecular weight excluding hydrogens is 350 g/mol. The number of anilines is 1. The van der Waals surface area contributed by atoms with Gasteiger partial charge in [0.05, 0.1) is 17.8 Å². The molecule has 136 valence electrons. The summed E-state index contributed by atoms with van der Waals surface area (Å²) in [7, 11) is 0. The number of aromatic nitrogens is 6. The van der Waals surface area contributed by atoms with Gasteiger partial charge in [-0.2, -0.15) is 0 Å². The first kappa shape index (κ1) is 16.3. The number of pyridine rings is 1. The van der Waals surface area contributed by atoms with Crippen LogP contribution in [-0.2, 0) is 0 Å². The number of nitrogen functional groups attached to an aromatic ring is 1. The van der Waals surface area contributed by atoms with Crippen LogP contribution < -0.4 is 5.73 Å². The molecule has 7 heteroatoms. The molecule has 0 aliphatic carbocycles. The molecule has 2 N–H and O–H groups in total. The van der Waals surface area contributed by atoms with Crippen molar-refractivity contribution in [3.05, 3.63) is 72.7 Å². The van der Waals surface area contributed by atoms with Gasteiger partial charge in [0, 0.05) is 23.3 Å². The molecular formula is C21H17N7. The summed E-state index contributed by atoms with van der Waals surface area (Å²) < 4.78 is 1.96. The highest BCUT2D eigenvalue weighted by Crippen LogP contribution is 2.30. The lowest BCUT2D eigenvalue weighted by atomic mass is 10.0. The molecule has 0 bridgehead atoms. The van der Waals surface area contributed by atoms with Gasteiger partial charge in [-0.05, 0) is 30.2 Å². The summed E-state index contributed by atoms with van der Waals surface area (Å²) in [6.07, 6.45) is 5.21. The second kappa shape index (κ2) is 6.38. The Morgan fingerprint density at radius 2 is 1.64 bits per heavy atom. The van der Waals surface area contributed by atoms with Crippen LogP contribution in [0.3, 0.4) is 0 Å². The number of hydrogen-bond acceptors (Lipinski definition) is 6. The largest absolute Gasteiger partial charge is 0.368 e. The molecule has 3 heterocycles. The van der Waals surface area contributed by atoms with E-state index < -0.39 is 0 Å². The van der Waals surface area contributed by atoms with Crippen LogP contribution in [0.15, 0.2) is 67.1 Å². The smallest absolute Gasteiger partial charge is 0.219 e. The number of fused-ring (bicyclic) bond motifs is 3. The average Bonchev–Trinajstić information content (AvgIpc) is 3.19. The third-order valence-electron chi connectivity index (χ3n) is 4.95. The van der Waals surface area contributed by atoms with Crippen LogP contribution in [0.4, 0.5) is 5.95 Å². The minimum absolute atomic E-state index is 0.0420. The van der Waals surface area contributed by atoms with Crippen molar-refractivity contribution in [1.82, 2.24) is 29.9 Å². The Balaban J connectivity index is 1.73. The maximum Gasteiger partial charge on any atom is 0.219 e. The second-order valence-electron chi connectivity index (χ2n) is 6.67. The quantitative estimate of drug-likeness (QED) is 0.523. The van der Waals surface area contributed by atoms with Crippen LogP contribution in [0.25, 0.3) is 33.1 Å².